The molecule has 0 unspecified atom stereocenters. The van der Waals surface area contributed by atoms with Crippen molar-refractivity contribution in [2.24, 2.45) is 0 Å². The van der Waals surface area contributed by atoms with Crippen LogP contribution in [0.15, 0.2) is 121 Å². The average Bonchev–Trinajstić information content (AvgIpc) is 3.45. The van der Waals surface area contributed by atoms with Gasteiger partial charge in [-0.15, -0.1) is 0 Å². The van der Waals surface area contributed by atoms with Crippen molar-refractivity contribution in [3.8, 4) is 0 Å². The molecule has 0 atom stereocenters. The lowest BCUT2D eigenvalue weighted by molar-refractivity contribution is 0.376. The van der Waals surface area contributed by atoms with Gasteiger partial charge >= 0.3 is 0 Å². The maximum absolute atomic E-state index is 15.4. The Balaban J connectivity index is 0.000000198. The number of rotatable bonds is 8. The van der Waals surface area contributed by atoms with Crippen LogP contribution in [0.25, 0.3) is 43.1 Å². The van der Waals surface area contributed by atoms with Crippen LogP contribution >= 0.6 is 0 Å². The van der Waals surface area contributed by atoms with Gasteiger partial charge in [0.15, 0.2) is 93.1 Å². The number of allylic oxidation sites excluding steroid dienone is 4. The Morgan fingerprint density at radius 1 is 0.183 bits per heavy atom. The van der Waals surface area contributed by atoms with Gasteiger partial charge in [0, 0.05) is 0 Å². The van der Waals surface area contributed by atoms with Crippen LogP contribution in [0.1, 0.15) is 44.5 Å². The molecule has 2 heterocycles. The molecule has 0 fully saturated rings. The molecule has 0 aromatic heterocycles. The summed E-state index contributed by atoms with van der Waals surface area (Å²) in [5.74, 6) is -45.3. The highest BCUT2D eigenvalue weighted by molar-refractivity contribution is 7.14. The molecule has 10 rings (SSSR count). The van der Waals surface area contributed by atoms with Crippen molar-refractivity contribution in [2.45, 2.75) is 26.2 Å². The highest BCUT2D eigenvalue weighted by atomic mass is 28.3. The second-order valence-electron chi connectivity index (χ2n) is 19.5. The molecule has 2 aliphatic rings. The van der Waals surface area contributed by atoms with E-state index in [0.717, 1.165) is 0 Å². The lowest BCUT2D eigenvalue weighted by atomic mass is 9.89. The van der Waals surface area contributed by atoms with Gasteiger partial charge in [0.2, 0.25) is 23.3 Å². The van der Waals surface area contributed by atoms with Crippen molar-refractivity contribution in [3.05, 3.63) is 282 Å². The molecule has 0 radical (unpaired) electrons. The summed E-state index contributed by atoms with van der Waals surface area (Å²) in [5, 5.41) is -1.91. The maximum Gasteiger partial charge on any atom is 0.200 e. The minimum Gasteiger partial charge on any atom is -0.203 e. The van der Waals surface area contributed by atoms with Gasteiger partial charge in [-0.1, -0.05) is 148 Å². The second kappa shape index (κ2) is 21.6. The van der Waals surface area contributed by atoms with Crippen molar-refractivity contribution in [2.75, 3.05) is 0 Å². The van der Waals surface area contributed by atoms with E-state index in [1.807, 2.05) is 0 Å². The summed E-state index contributed by atoms with van der Waals surface area (Å²) in [5.41, 5.74) is -5.48. The minimum atomic E-state index is -4.14. The predicted octanol–water partition coefficient (Wildman–Crippen LogP) is 18.8. The lowest BCUT2D eigenvalue weighted by Crippen LogP contribution is -2.31. The molecular weight excluding hydrogens is 1160 g/mol. The summed E-state index contributed by atoms with van der Waals surface area (Å²) >= 11 is 0. The van der Waals surface area contributed by atoms with Gasteiger partial charge in [-0.2, -0.15) is 0 Å². The molecule has 0 saturated heterocycles. The second-order valence-corrected chi connectivity index (χ2v) is 28.0. The fourth-order valence-electron chi connectivity index (χ4n) is 10.6. The van der Waals surface area contributed by atoms with Crippen LogP contribution in [0.2, 0.25) is 26.2 Å². The van der Waals surface area contributed by atoms with Crippen LogP contribution in [0.3, 0.4) is 0 Å². The standard InChI is InChI=1S/2C30H16F10Si/c2*1-41(2)29(17-19(31)23(35)27(39)24(36)20(17)32)15(13-9-5-3-6-10-13)16(14-11-7-4-8-12-14)30(41)18-21(33)25(37)28(40)26(38)22(18)34/h2*3-12H,1-2H3. The zero-order chi connectivity index (χ0) is 59.9. The highest BCUT2D eigenvalue weighted by Gasteiger charge is 2.51. The summed E-state index contributed by atoms with van der Waals surface area (Å²) < 4.78 is 296. The minimum absolute atomic E-state index is 0.143. The largest absolute Gasteiger partial charge is 0.203 e. The summed E-state index contributed by atoms with van der Waals surface area (Å²) in [6.07, 6.45) is 0. The SMILES string of the molecule is C[Si]1(C)C(c2c(F)c(F)c(F)c(F)c2F)=C(c2ccccc2)C(c2ccccc2)=C1c1c(F)c(F)c(F)c(F)c1F.C[Si]1(C)C(c2c(F)c(F)c(F)c(F)c2F)=C(c2ccccc2)C(c2ccccc2)=C1c1c(F)c(F)c(F)c(F)c1F. The van der Waals surface area contributed by atoms with Crippen LogP contribution < -0.4 is 0 Å². The zero-order valence-electron chi connectivity index (χ0n) is 42.1. The Bertz CT molecular complexity index is 3470. The van der Waals surface area contributed by atoms with Crippen LogP contribution in [0.4, 0.5) is 87.8 Å². The molecule has 0 bridgehead atoms. The first-order chi connectivity index (χ1) is 38.6. The molecule has 82 heavy (non-hydrogen) atoms. The van der Waals surface area contributed by atoms with Gasteiger partial charge in [-0.05, 0) is 65.3 Å². The third-order valence-electron chi connectivity index (χ3n) is 14.1. The van der Waals surface area contributed by atoms with Gasteiger partial charge in [0.1, 0.15) is 16.1 Å². The smallest absolute Gasteiger partial charge is 0.200 e. The van der Waals surface area contributed by atoms with Gasteiger partial charge < -0.3 is 0 Å². The highest BCUT2D eigenvalue weighted by Crippen LogP contribution is 2.59. The van der Waals surface area contributed by atoms with E-state index in [4.69, 9.17) is 0 Å². The molecule has 0 saturated carbocycles. The summed E-state index contributed by atoms with van der Waals surface area (Å²) in [6.45, 7) is 5.08. The number of benzene rings is 8. The van der Waals surface area contributed by atoms with E-state index in [-0.39, 0.29) is 44.5 Å². The third-order valence-corrected chi connectivity index (χ3v) is 21.1. The van der Waals surface area contributed by atoms with Crippen LogP contribution in [-0.2, 0) is 0 Å². The molecule has 8 aromatic carbocycles. The summed E-state index contributed by atoms with van der Waals surface area (Å²) in [7, 11) is -8.27. The Morgan fingerprint density at radius 3 is 0.439 bits per heavy atom. The van der Waals surface area contributed by atoms with Gasteiger partial charge in [0.25, 0.3) is 0 Å². The number of hydrogen-bond acceptors (Lipinski definition) is 0. The van der Waals surface area contributed by atoms with Gasteiger partial charge in [-0.25, -0.2) is 87.8 Å². The lowest BCUT2D eigenvalue weighted by Gasteiger charge is -2.27. The topological polar surface area (TPSA) is 0 Å². The van der Waals surface area contributed by atoms with E-state index in [9.17, 15) is 52.7 Å². The van der Waals surface area contributed by atoms with E-state index >= 15 is 35.1 Å². The molecule has 0 aliphatic carbocycles. The van der Waals surface area contributed by atoms with E-state index < -0.39 is 176 Å². The zero-order valence-corrected chi connectivity index (χ0v) is 44.1. The Morgan fingerprint density at radius 2 is 0.305 bits per heavy atom. The van der Waals surface area contributed by atoms with E-state index in [2.05, 4.69) is 0 Å². The molecular formula is C60H32F20Si2. The fraction of sp³-hybridized carbons (Fsp3) is 0.0667. The fourth-order valence-corrected chi connectivity index (χ4v) is 18.1. The summed E-state index contributed by atoms with van der Waals surface area (Å²) in [4.78, 5) is 0. The van der Waals surface area contributed by atoms with Crippen molar-refractivity contribution in [3.63, 3.8) is 0 Å². The number of hydrogen-bond donors (Lipinski definition) is 0. The van der Waals surface area contributed by atoms with E-state index in [0.29, 0.717) is 0 Å². The molecule has 22 heteroatoms. The van der Waals surface area contributed by atoms with Crippen molar-refractivity contribution >= 4 is 59.2 Å². The average molecular weight is 1190 g/mol. The monoisotopic (exact) mass is 1190 g/mol. The van der Waals surface area contributed by atoms with Crippen LogP contribution in [-0.4, -0.2) is 16.1 Å². The van der Waals surface area contributed by atoms with Gasteiger partial charge in [-0.3, -0.25) is 0 Å². The Hall–Kier alpha value is -8.25. The van der Waals surface area contributed by atoms with Crippen LogP contribution in [0, 0.1) is 116 Å². The predicted molar refractivity (Wildman–Crippen MR) is 273 cm³/mol. The third kappa shape index (κ3) is 9.00. The molecule has 0 nitrogen and oxygen atoms in total. The van der Waals surface area contributed by atoms with Crippen molar-refractivity contribution in [1.82, 2.24) is 0 Å². The van der Waals surface area contributed by atoms with Crippen molar-refractivity contribution < 1.29 is 87.8 Å². The maximum atomic E-state index is 15.4. The molecule has 0 amide bonds. The first-order valence-corrected chi connectivity index (χ1v) is 29.9. The molecule has 0 N–H and O–H groups in total. The molecule has 8 aromatic rings. The Labute approximate surface area is 454 Å². The van der Waals surface area contributed by atoms with Crippen LogP contribution in [0.5, 0.6) is 0 Å². The van der Waals surface area contributed by atoms with E-state index in [1.54, 1.807) is 24.3 Å². The van der Waals surface area contributed by atoms with Gasteiger partial charge in [0.05, 0.1) is 22.3 Å². The summed E-state index contributed by atoms with van der Waals surface area (Å²) in [6, 6.07) is 29.6. The normalized spacial score (nSPS) is 14.8. The van der Waals surface area contributed by atoms with Crippen molar-refractivity contribution in [1.29, 1.82) is 0 Å². The molecule has 2 aliphatic heterocycles. The molecule has 420 valence electrons. The quantitative estimate of drug-likeness (QED) is 0.0616. The Kier molecular flexibility index (Phi) is 15.4. The first-order valence-electron chi connectivity index (χ1n) is 23.9. The first kappa shape index (κ1) is 58.4. The molecule has 0 spiro atoms. The number of halogens is 20. The van der Waals surface area contributed by atoms with E-state index in [1.165, 1.54) is 123 Å².